The summed E-state index contributed by atoms with van der Waals surface area (Å²) in [7, 11) is 1.35. The van der Waals surface area contributed by atoms with Crippen LogP contribution in [0.3, 0.4) is 0 Å². The highest BCUT2D eigenvalue weighted by Crippen LogP contribution is 2.14. The van der Waals surface area contributed by atoms with E-state index in [1.54, 1.807) is 12.1 Å². The number of benzene rings is 1. The number of esters is 1. The van der Waals surface area contributed by atoms with Crippen LogP contribution >= 0.6 is 11.6 Å². The lowest BCUT2D eigenvalue weighted by Gasteiger charge is -2.06. The first-order valence-electron chi connectivity index (χ1n) is 5.72. The van der Waals surface area contributed by atoms with Gasteiger partial charge < -0.3 is 10.1 Å². The molecule has 0 fully saturated rings. The second-order valence-corrected chi connectivity index (χ2v) is 4.33. The van der Waals surface area contributed by atoms with Gasteiger partial charge in [0, 0.05) is 16.9 Å². The van der Waals surface area contributed by atoms with Crippen molar-refractivity contribution in [2.45, 2.75) is 6.54 Å². The molecule has 0 aliphatic heterocycles. The van der Waals surface area contributed by atoms with E-state index >= 15 is 0 Å². The number of anilines is 1. The number of hydrogen-bond donors (Lipinski definition) is 1. The Morgan fingerprint density at radius 2 is 2.00 bits per heavy atom. The number of pyridine rings is 1. The number of aromatic nitrogens is 1. The largest absolute Gasteiger partial charge is 0.465 e. The molecule has 1 aromatic heterocycles. The Bertz CT molecular complexity index is 553. The van der Waals surface area contributed by atoms with Crippen LogP contribution in [0.25, 0.3) is 0 Å². The molecule has 0 atom stereocenters. The molecule has 19 heavy (non-hydrogen) atoms. The van der Waals surface area contributed by atoms with Crippen LogP contribution in [0.5, 0.6) is 0 Å². The van der Waals surface area contributed by atoms with Crippen LogP contribution in [-0.2, 0) is 11.3 Å². The maximum Gasteiger partial charge on any atom is 0.339 e. The minimum atomic E-state index is -0.385. The zero-order chi connectivity index (χ0) is 13.7. The van der Waals surface area contributed by atoms with E-state index in [0.717, 1.165) is 11.4 Å². The summed E-state index contributed by atoms with van der Waals surface area (Å²) in [6.07, 6.45) is 1.50. The predicted molar refractivity (Wildman–Crippen MR) is 74.4 cm³/mol. The van der Waals surface area contributed by atoms with Gasteiger partial charge in [0.15, 0.2) is 0 Å². The molecule has 5 heteroatoms. The van der Waals surface area contributed by atoms with Gasteiger partial charge in [-0.25, -0.2) is 4.79 Å². The Balaban J connectivity index is 1.96. The van der Waals surface area contributed by atoms with Crippen LogP contribution < -0.4 is 5.32 Å². The third-order valence-electron chi connectivity index (χ3n) is 2.56. The summed E-state index contributed by atoms with van der Waals surface area (Å²) in [6, 6.07) is 10.9. The molecule has 0 spiro atoms. The number of carbonyl (C=O) groups excluding carboxylic acids is 1. The van der Waals surface area contributed by atoms with Crippen LogP contribution in [-0.4, -0.2) is 18.1 Å². The number of methoxy groups -OCH3 is 1. The first-order valence-corrected chi connectivity index (χ1v) is 6.09. The lowest BCUT2D eigenvalue weighted by atomic mass is 10.2. The van der Waals surface area contributed by atoms with E-state index in [9.17, 15) is 4.79 Å². The van der Waals surface area contributed by atoms with Gasteiger partial charge in [0.2, 0.25) is 0 Å². The highest BCUT2D eigenvalue weighted by atomic mass is 35.5. The van der Waals surface area contributed by atoms with Gasteiger partial charge in [-0.05, 0) is 36.4 Å². The lowest BCUT2D eigenvalue weighted by Crippen LogP contribution is -2.05. The summed E-state index contributed by atoms with van der Waals surface area (Å²) in [6.45, 7) is 0.573. The molecular weight excluding hydrogens is 264 g/mol. The van der Waals surface area contributed by atoms with Crippen LogP contribution in [0.4, 0.5) is 5.69 Å². The monoisotopic (exact) mass is 276 g/mol. The number of halogens is 1. The van der Waals surface area contributed by atoms with Gasteiger partial charge in [0.1, 0.15) is 0 Å². The average molecular weight is 277 g/mol. The molecule has 0 saturated carbocycles. The van der Waals surface area contributed by atoms with Crippen molar-refractivity contribution < 1.29 is 9.53 Å². The van der Waals surface area contributed by atoms with E-state index in [-0.39, 0.29) is 5.97 Å². The van der Waals surface area contributed by atoms with E-state index in [1.807, 2.05) is 24.3 Å². The molecule has 2 aromatic rings. The van der Waals surface area contributed by atoms with Crippen LogP contribution in [0, 0.1) is 0 Å². The first kappa shape index (κ1) is 13.4. The Hall–Kier alpha value is -2.07. The average Bonchev–Trinajstić information content (AvgIpc) is 2.46. The molecule has 0 aliphatic rings. The molecule has 0 saturated heterocycles. The van der Waals surface area contributed by atoms with E-state index in [2.05, 4.69) is 15.0 Å². The van der Waals surface area contributed by atoms with E-state index < -0.39 is 0 Å². The molecule has 98 valence electrons. The number of nitrogens with one attached hydrogen (secondary N) is 1. The summed E-state index contributed by atoms with van der Waals surface area (Å²) in [5.74, 6) is -0.385. The highest BCUT2D eigenvalue weighted by molar-refractivity contribution is 6.30. The fourth-order valence-electron chi connectivity index (χ4n) is 1.53. The molecule has 4 nitrogen and oxygen atoms in total. The molecule has 0 bridgehead atoms. The summed E-state index contributed by atoms with van der Waals surface area (Å²) < 4.78 is 4.61. The Morgan fingerprint density at radius 1 is 1.26 bits per heavy atom. The van der Waals surface area contributed by atoms with Crippen LogP contribution in [0.15, 0.2) is 42.6 Å². The maximum atomic E-state index is 11.2. The minimum Gasteiger partial charge on any atom is -0.465 e. The summed E-state index contributed by atoms with van der Waals surface area (Å²) in [5.41, 5.74) is 2.24. The standard InChI is InChI=1S/C14H13ClN2O2/c1-19-14(18)10-2-5-13(16-8-10)9-17-12-6-3-11(15)4-7-12/h2-8,17H,9H2,1H3. The fraction of sp³-hybridized carbons (Fsp3) is 0.143. The van der Waals surface area contributed by atoms with Gasteiger partial charge in [-0.3, -0.25) is 4.98 Å². The smallest absolute Gasteiger partial charge is 0.339 e. The SMILES string of the molecule is COC(=O)c1ccc(CNc2ccc(Cl)cc2)nc1. The van der Waals surface area contributed by atoms with Crippen molar-refractivity contribution in [1.82, 2.24) is 4.98 Å². The van der Waals surface area contributed by atoms with Crippen molar-refractivity contribution in [3.8, 4) is 0 Å². The molecule has 0 aliphatic carbocycles. The maximum absolute atomic E-state index is 11.2. The third kappa shape index (κ3) is 3.69. The second-order valence-electron chi connectivity index (χ2n) is 3.89. The zero-order valence-electron chi connectivity index (χ0n) is 10.4. The summed E-state index contributed by atoms with van der Waals surface area (Å²) in [5, 5.41) is 3.91. The molecule has 0 unspecified atom stereocenters. The van der Waals surface area contributed by atoms with Crippen molar-refractivity contribution in [2.75, 3.05) is 12.4 Å². The topological polar surface area (TPSA) is 51.2 Å². The second kappa shape index (κ2) is 6.20. The number of hydrogen-bond acceptors (Lipinski definition) is 4. The van der Waals surface area contributed by atoms with Gasteiger partial charge in [0.25, 0.3) is 0 Å². The molecule has 1 heterocycles. The predicted octanol–water partition coefficient (Wildman–Crippen LogP) is 3.13. The Labute approximate surface area is 116 Å². The lowest BCUT2D eigenvalue weighted by molar-refractivity contribution is 0.0600. The van der Waals surface area contributed by atoms with Gasteiger partial charge in [-0.15, -0.1) is 0 Å². The molecule has 1 N–H and O–H groups in total. The third-order valence-corrected chi connectivity index (χ3v) is 2.82. The van der Waals surface area contributed by atoms with Crippen LogP contribution in [0.1, 0.15) is 16.1 Å². The van der Waals surface area contributed by atoms with Crippen molar-refractivity contribution in [3.63, 3.8) is 0 Å². The Kier molecular flexibility index (Phi) is 4.36. The zero-order valence-corrected chi connectivity index (χ0v) is 11.1. The molecule has 1 aromatic carbocycles. The van der Waals surface area contributed by atoms with E-state index in [4.69, 9.17) is 11.6 Å². The molecule has 2 rings (SSSR count). The van der Waals surface area contributed by atoms with Crippen molar-refractivity contribution >= 4 is 23.3 Å². The number of nitrogens with zero attached hydrogens (tertiary/aromatic N) is 1. The van der Waals surface area contributed by atoms with Gasteiger partial charge in [-0.1, -0.05) is 11.6 Å². The summed E-state index contributed by atoms with van der Waals surface area (Å²) in [4.78, 5) is 15.4. The minimum absolute atomic E-state index is 0.385. The van der Waals surface area contributed by atoms with Crippen molar-refractivity contribution in [1.29, 1.82) is 0 Å². The summed E-state index contributed by atoms with van der Waals surface area (Å²) >= 11 is 5.81. The molecule has 0 radical (unpaired) electrons. The van der Waals surface area contributed by atoms with E-state index in [0.29, 0.717) is 17.1 Å². The quantitative estimate of drug-likeness (QED) is 0.872. The number of ether oxygens (including phenoxy) is 1. The number of carbonyl (C=O) groups is 1. The van der Waals surface area contributed by atoms with Crippen molar-refractivity contribution in [2.24, 2.45) is 0 Å². The van der Waals surface area contributed by atoms with Gasteiger partial charge in [-0.2, -0.15) is 0 Å². The van der Waals surface area contributed by atoms with Gasteiger partial charge >= 0.3 is 5.97 Å². The van der Waals surface area contributed by atoms with Crippen molar-refractivity contribution in [3.05, 3.63) is 58.9 Å². The number of rotatable bonds is 4. The fourth-order valence-corrected chi connectivity index (χ4v) is 1.65. The first-order chi connectivity index (χ1) is 9.19. The van der Waals surface area contributed by atoms with E-state index in [1.165, 1.54) is 13.3 Å². The Morgan fingerprint density at radius 3 is 2.58 bits per heavy atom. The molecule has 0 amide bonds. The highest BCUT2D eigenvalue weighted by Gasteiger charge is 2.05. The molecular formula is C14H13ClN2O2. The van der Waals surface area contributed by atoms with Gasteiger partial charge in [0.05, 0.1) is 24.9 Å². The van der Waals surface area contributed by atoms with Crippen LogP contribution in [0.2, 0.25) is 5.02 Å². The normalized spacial score (nSPS) is 10.0.